The minimum absolute atomic E-state index is 0. The highest BCUT2D eigenvalue weighted by atomic mass is 35.5. The van der Waals surface area contributed by atoms with Crippen LogP contribution >= 0.6 is 12.4 Å². The molecule has 0 aromatic rings. The number of hydrogen-bond acceptors (Lipinski definition) is 2. The van der Waals surface area contributed by atoms with Crippen molar-refractivity contribution in [3.8, 4) is 0 Å². The Balaban J connectivity index is 0.00000144. The molecule has 1 atom stereocenters. The van der Waals surface area contributed by atoms with Gasteiger partial charge in [0, 0.05) is 6.42 Å². The third-order valence-corrected chi connectivity index (χ3v) is 2.40. The minimum atomic E-state index is -0.668. The zero-order valence-corrected chi connectivity index (χ0v) is 8.61. The fourth-order valence-corrected chi connectivity index (χ4v) is 1.71. The zero-order chi connectivity index (χ0) is 8.81. The summed E-state index contributed by atoms with van der Waals surface area (Å²) < 4.78 is 0. The Labute approximate surface area is 85.3 Å². The fraction of sp³-hybridized carbons (Fsp3) is 0.889. The summed E-state index contributed by atoms with van der Waals surface area (Å²) in [4.78, 5) is 10.2. The molecule has 1 saturated heterocycles. The molecular weight excluding hydrogens is 190 g/mol. The molecule has 1 unspecified atom stereocenters. The minimum Gasteiger partial charge on any atom is -0.481 e. The van der Waals surface area contributed by atoms with E-state index in [-0.39, 0.29) is 12.4 Å². The highest BCUT2D eigenvalue weighted by Gasteiger charge is 2.12. The molecule has 1 aliphatic rings. The molecule has 1 heterocycles. The van der Waals surface area contributed by atoms with Crippen LogP contribution in [-0.4, -0.2) is 24.2 Å². The van der Waals surface area contributed by atoms with Gasteiger partial charge in [-0.15, -0.1) is 12.4 Å². The van der Waals surface area contributed by atoms with Crippen LogP contribution in [0.1, 0.15) is 32.1 Å². The Morgan fingerprint density at radius 2 is 2.31 bits per heavy atom. The predicted molar refractivity (Wildman–Crippen MR) is 54.3 cm³/mol. The van der Waals surface area contributed by atoms with Crippen LogP contribution in [0.5, 0.6) is 0 Å². The molecule has 0 radical (unpaired) electrons. The maximum atomic E-state index is 10.2. The lowest BCUT2D eigenvalue weighted by atomic mass is 9.94. The normalized spacial score (nSPS) is 22.0. The largest absolute Gasteiger partial charge is 0.481 e. The van der Waals surface area contributed by atoms with Crippen molar-refractivity contribution in [2.75, 3.05) is 13.1 Å². The Bertz CT molecular complexity index is 147. The molecule has 0 spiro atoms. The number of carboxylic acid groups (broad SMARTS) is 1. The molecule has 0 amide bonds. The second kappa shape index (κ2) is 7.15. The number of carbonyl (C=O) groups is 1. The van der Waals surface area contributed by atoms with Crippen LogP contribution < -0.4 is 5.32 Å². The molecule has 0 aromatic carbocycles. The molecule has 0 aliphatic carbocycles. The van der Waals surface area contributed by atoms with Gasteiger partial charge < -0.3 is 10.4 Å². The SMILES string of the molecule is Cl.O=C(O)CCCC1CCCNC1. The summed E-state index contributed by atoms with van der Waals surface area (Å²) in [6.07, 6.45) is 4.75. The molecular formula is C9H18ClNO2. The average molecular weight is 208 g/mol. The molecule has 0 aromatic heterocycles. The summed E-state index contributed by atoms with van der Waals surface area (Å²) in [5.41, 5.74) is 0. The Morgan fingerprint density at radius 3 is 2.85 bits per heavy atom. The van der Waals surface area contributed by atoms with Crippen LogP contribution in [0.3, 0.4) is 0 Å². The second-order valence-electron chi connectivity index (χ2n) is 3.50. The fourth-order valence-electron chi connectivity index (χ4n) is 1.71. The molecule has 2 N–H and O–H groups in total. The average Bonchev–Trinajstić information content (AvgIpc) is 2.05. The van der Waals surface area contributed by atoms with Gasteiger partial charge in [0.05, 0.1) is 0 Å². The quantitative estimate of drug-likeness (QED) is 0.737. The lowest BCUT2D eigenvalue weighted by Crippen LogP contribution is -2.29. The molecule has 13 heavy (non-hydrogen) atoms. The van der Waals surface area contributed by atoms with Gasteiger partial charge in [-0.25, -0.2) is 0 Å². The number of rotatable bonds is 4. The number of nitrogens with one attached hydrogen (secondary N) is 1. The first kappa shape index (κ1) is 12.7. The lowest BCUT2D eigenvalue weighted by Gasteiger charge is -2.22. The maximum absolute atomic E-state index is 10.2. The summed E-state index contributed by atoms with van der Waals surface area (Å²) in [6.45, 7) is 2.22. The second-order valence-corrected chi connectivity index (χ2v) is 3.50. The van der Waals surface area contributed by atoms with Gasteiger partial charge in [0.2, 0.25) is 0 Å². The number of aliphatic carboxylic acids is 1. The highest BCUT2D eigenvalue weighted by Crippen LogP contribution is 2.16. The molecule has 3 nitrogen and oxygen atoms in total. The summed E-state index contributed by atoms with van der Waals surface area (Å²) in [7, 11) is 0. The van der Waals surface area contributed by atoms with E-state index in [9.17, 15) is 4.79 Å². The van der Waals surface area contributed by atoms with Gasteiger partial charge in [-0.1, -0.05) is 0 Å². The Kier molecular flexibility index (Phi) is 7.00. The first-order valence-corrected chi connectivity index (χ1v) is 4.71. The standard InChI is InChI=1S/C9H17NO2.ClH/c11-9(12)5-1-3-8-4-2-6-10-7-8;/h8,10H,1-7H2,(H,11,12);1H. The van der Waals surface area contributed by atoms with Gasteiger partial charge in [-0.2, -0.15) is 0 Å². The third-order valence-electron chi connectivity index (χ3n) is 2.40. The van der Waals surface area contributed by atoms with E-state index in [0.717, 1.165) is 31.8 Å². The van der Waals surface area contributed by atoms with Crippen molar-refractivity contribution in [3.63, 3.8) is 0 Å². The van der Waals surface area contributed by atoms with Crippen molar-refractivity contribution in [3.05, 3.63) is 0 Å². The summed E-state index contributed by atoms with van der Waals surface area (Å²) in [5.74, 6) is 0.0527. The highest BCUT2D eigenvalue weighted by molar-refractivity contribution is 5.85. The van der Waals surface area contributed by atoms with Crippen LogP contribution in [0.2, 0.25) is 0 Å². The zero-order valence-electron chi connectivity index (χ0n) is 7.79. The van der Waals surface area contributed by atoms with E-state index in [1.807, 2.05) is 0 Å². The number of halogens is 1. The predicted octanol–water partition coefficient (Wildman–Crippen LogP) is 1.66. The van der Waals surface area contributed by atoms with E-state index in [1.165, 1.54) is 12.8 Å². The summed E-state index contributed by atoms with van der Waals surface area (Å²) >= 11 is 0. The molecule has 0 saturated carbocycles. The van der Waals surface area contributed by atoms with Gasteiger partial charge >= 0.3 is 5.97 Å². The van der Waals surface area contributed by atoms with Crippen molar-refractivity contribution in [2.24, 2.45) is 5.92 Å². The van der Waals surface area contributed by atoms with Crippen LogP contribution in [-0.2, 0) is 4.79 Å². The summed E-state index contributed by atoms with van der Waals surface area (Å²) in [5, 5.41) is 11.8. The number of hydrogen-bond donors (Lipinski definition) is 2. The lowest BCUT2D eigenvalue weighted by molar-refractivity contribution is -0.137. The van der Waals surface area contributed by atoms with E-state index in [1.54, 1.807) is 0 Å². The van der Waals surface area contributed by atoms with Gasteiger partial charge in [0.1, 0.15) is 0 Å². The van der Waals surface area contributed by atoms with Crippen molar-refractivity contribution in [1.29, 1.82) is 0 Å². The molecule has 1 rings (SSSR count). The smallest absolute Gasteiger partial charge is 0.303 e. The van der Waals surface area contributed by atoms with Crippen LogP contribution in [0.25, 0.3) is 0 Å². The summed E-state index contributed by atoms with van der Waals surface area (Å²) in [6, 6.07) is 0. The van der Waals surface area contributed by atoms with Crippen molar-refractivity contribution in [1.82, 2.24) is 5.32 Å². The number of carboxylic acids is 1. The first-order valence-electron chi connectivity index (χ1n) is 4.71. The van der Waals surface area contributed by atoms with Crippen molar-refractivity contribution < 1.29 is 9.90 Å². The topological polar surface area (TPSA) is 49.3 Å². The van der Waals surface area contributed by atoms with E-state index in [0.29, 0.717) is 6.42 Å². The van der Waals surface area contributed by atoms with Crippen LogP contribution in [0.15, 0.2) is 0 Å². The van der Waals surface area contributed by atoms with E-state index in [4.69, 9.17) is 5.11 Å². The van der Waals surface area contributed by atoms with Crippen LogP contribution in [0, 0.1) is 5.92 Å². The van der Waals surface area contributed by atoms with E-state index < -0.39 is 5.97 Å². The first-order chi connectivity index (χ1) is 5.79. The Hall–Kier alpha value is -0.280. The van der Waals surface area contributed by atoms with Crippen LogP contribution in [0.4, 0.5) is 0 Å². The van der Waals surface area contributed by atoms with Gasteiger partial charge in [-0.3, -0.25) is 4.79 Å². The third kappa shape index (κ3) is 5.88. The molecule has 1 aliphatic heterocycles. The van der Waals surface area contributed by atoms with Crippen molar-refractivity contribution >= 4 is 18.4 Å². The maximum Gasteiger partial charge on any atom is 0.303 e. The van der Waals surface area contributed by atoms with Gasteiger partial charge in [0.15, 0.2) is 0 Å². The van der Waals surface area contributed by atoms with Gasteiger partial charge in [-0.05, 0) is 44.7 Å². The van der Waals surface area contributed by atoms with E-state index in [2.05, 4.69) is 5.32 Å². The van der Waals surface area contributed by atoms with Crippen molar-refractivity contribution in [2.45, 2.75) is 32.1 Å². The van der Waals surface area contributed by atoms with E-state index >= 15 is 0 Å². The Morgan fingerprint density at radius 1 is 1.54 bits per heavy atom. The monoisotopic (exact) mass is 207 g/mol. The molecule has 0 bridgehead atoms. The molecule has 1 fully saturated rings. The van der Waals surface area contributed by atoms with Gasteiger partial charge in [0.25, 0.3) is 0 Å². The molecule has 4 heteroatoms. The molecule has 78 valence electrons. The number of piperidine rings is 1.